The Bertz CT molecular complexity index is 787. The molecule has 0 spiro atoms. The largest absolute Gasteiger partial charge is 0.497 e. The van der Waals surface area contributed by atoms with Gasteiger partial charge >= 0.3 is 0 Å². The van der Waals surface area contributed by atoms with E-state index in [-0.39, 0.29) is 5.78 Å². The zero-order chi connectivity index (χ0) is 14.3. The van der Waals surface area contributed by atoms with E-state index in [0.717, 1.165) is 20.8 Å². The van der Waals surface area contributed by atoms with Gasteiger partial charge in [-0.2, -0.15) is 4.37 Å². The molecule has 0 saturated carbocycles. The van der Waals surface area contributed by atoms with Crippen LogP contribution in [0.2, 0.25) is 0 Å². The van der Waals surface area contributed by atoms with E-state index in [9.17, 15) is 4.79 Å². The Hall–Kier alpha value is -1.92. The minimum Gasteiger partial charge on any atom is -0.497 e. The van der Waals surface area contributed by atoms with Gasteiger partial charge in [0.15, 0.2) is 0 Å². The highest BCUT2D eigenvalue weighted by Crippen LogP contribution is 2.38. The summed E-state index contributed by atoms with van der Waals surface area (Å²) in [6, 6.07) is 7.02. The van der Waals surface area contributed by atoms with Crippen molar-refractivity contribution in [3.8, 4) is 5.75 Å². The molecule has 6 heteroatoms. The topological polar surface area (TPSA) is 65.2 Å². The summed E-state index contributed by atoms with van der Waals surface area (Å²) in [5.41, 5.74) is 7.25. The lowest BCUT2D eigenvalue weighted by Gasteiger charge is -2.02. The second-order valence-corrected chi connectivity index (χ2v) is 6.30. The number of rotatable bonds is 3. The molecule has 2 heterocycles. The molecule has 2 N–H and O–H groups in total. The SMILES string of the molecule is COc1ccc(C(=O)c2sc3nsc(C)c3c2N)cc1. The lowest BCUT2D eigenvalue weighted by molar-refractivity contribution is 0.104. The quantitative estimate of drug-likeness (QED) is 0.752. The number of nitrogen functional groups attached to an aromatic ring is 1. The van der Waals surface area contributed by atoms with Crippen molar-refractivity contribution in [3.63, 3.8) is 0 Å². The molecule has 102 valence electrons. The zero-order valence-corrected chi connectivity index (χ0v) is 12.6. The Morgan fingerprint density at radius 3 is 2.60 bits per heavy atom. The average molecular weight is 304 g/mol. The molecule has 0 amide bonds. The van der Waals surface area contributed by atoms with Crippen LogP contribution in [0.4, 0.5) is 5.69 Å². The van der Waals surface area contributed by atoms with Crippen molar-refractivity contribution >= 4 is 44.6 Å². The first-order valence-electron chi connectivity index (χ1n) is 5.95. The minimum absolute atomic E-state index is 0.0717. The summed E-state index contributed by atoms with van der Waals surface area (Å²) < 4.78 is 9.40. The smallest absolute Gasteiger partial charge is 0.205 e. The first-order chi connectivity index (χ1) is 9.61. The first kappa shape index (κ1) is 13.1. The number of benzene rings is 1. The van der Waals surface area contributed by atoms with Crippen LogP contribution >= 0.6 is 22.9 Å². The van der Waals surface area contributed by atoms with Crippen molar-refractivity contribution in [1.82, 2.24) is 4.37 Å². The van der Waals surface area contributed by atoms with Gasteiger partial charge in [-0.25, -0.2) is 0 Å². The fourth-order valence-corrected chi connectivity index (χ4v) is 3.95. The van der Waals surface area contributed by atoms with Gasteiger partial charge in [-0.05, 0) is 42.7 Å². The number of methoxy groups -OCH3 is 1. The molecule has 0 unspecified atom stereocenters. The summed E-state index contributed by atoms with van der Waals surface area (Å²) in [5.74, 6) is 0.649. The molecule has 4 nitrogen and oxygen atoms in total. The monoisotopic (exact) mass is 304 g/mol. The molecule has 0 aliphatic heterocycles. The van der Waals surface area contributed by atoms with Crippen LogP contribution < -0.4 is 10.5 Å². The number of carbonyl (C=O) groups is 1. The van der Waals surface area contributed by atoms with E-state index in [1.54, 1.807) is 31.4 Å². The van der Waals surface area contributed by atoms with Crippen molar-refractivity contribution in [1.29, 1.82) is 0 Å². The summed E-state index contributed by atoms with van der Waals surface area (Å²) in [6.07, 6.45) is 0. The Labute approximate surface area is 124 Å². The van der Waals surface area contributed by atoms with E-state index in [0.29, 0.717) is 16.1 Å². The molecule has 20 heavy (non-hydrogen) atoms. The number of hydrogen-bond donors (Lipinski definition) is 1. The number of ketones is 1. The Morgan fingerprint density at radius 2 is 2.00 bits per heavy atom. The second kappa shape index (κ2) is 4.88. The summed E-state index contributed by atoms with van der Waals surface area (Å²) >= 11 is 2.76. The van der Waals surface area contributed by atoms with E-state index >= 15 is 0 Å². The molecule has 0 radical (unpaired) electrons. The molecular weight excluding hydrogens is 292 g/mol. The third-order valence-corrected chi connectivity index (χ3v) is 5.07. The van der Waals surface area contributed by atoms with Crippen molar-refractivity contribution < 1.29 is 9.53 Å². The predicted molar refractivity (Wildman–Crippen MR) is 83.1 cm³/mol. The standard InChI is InChI=1S/C14H12N2O2S2/c1-7-10-11(15)13(19-14(10)16-20-7)12(17)8-3-5-9(18-2)6-4-8/h3-6H,15H2,1-2H3. The van der Waals surface area contributed by atoms with Crippen LogP contribution in [0.1, 0.15) is 20.1 Å². The number of nitrogens with two attached hydrogens (primary N) is 1. The Morgan fingerprint density at radius 1 is 1.30 bits per heavy atom. The first-order valence-corrected chi connectivity index (χ1v) is 7.53. The van der Waals surface area contributed by atoms with Gasteiger partial charge in [-0.15, -0.1) is 11.3 Å². The van der Waals surface area contributed by atoms with Gasteiger partial charge < -0.3 is 10.5 Å². The van der Waals surface area contributed by atoms with Crippen LogP contribution in [0, 0.1) is 6.92 Å². The van der Waals surface area contributed by atoms with Crippen LogP contribution in [0.3, 0.4) is 0 Å². The number of aryl methyl sites for hydroxylation is 1. The normalized spacial score (nSPS) is 10.9. The minimum atomic E-state index is -0.0717. The maximum absolute atomic E-state index is 12.5. The van der Waals surface area contributed by atoms with Gasteiger partial charge in [-0.1, -0.05) is 0 Å². The molecule has 0 atom stereocenters. The highest BCUT2D eigenvalue weighted by molar-refractivity contribution is 7.23. The molecule has 0 fully saturated rings. The summed E-state index contributed by atoms with van der Waals surface area (Å²) in [5, 5.41) is 0.914. The van der Waals surface area contributed by atoms with E-state index in [2.05, 4.69) is 4.37 Å². The fraction of sp³-hybridized carbons (Fsp3) is 0.143. The lowest BCUT2D eigenvalue weighted by Crippen LogP contribution is -2.02. The number of ether oxygens (including phenoxy) is 1. The molecular formula is C14H12N2O2S2. The van der Waals surface area contributed by atoms with E-state index in [1.165, 1.54) is 22.9 Å². The lowest BCUT2D eigenvalue weighted by atomic mass is 10.1. The molecule has 0 aliphatic rings. The number of fused-ring (bicyclic) bond motifs is 1. The van der Waals surface area contributed by atoms with E-state index in [1.807, 2.05) is 6.92 Å². The third-order valence-electron chi connectivity index (χ3n) is 3.10. The van der Waals surface area contributed by atoms with Gasteiger partial charge in [0.1, 0.15) is 15.5 Å². The maximum atomic E-state index is 12.5. The summed E-state index contributed by atoms with van der Waals surface area (Å²) in [7, 11) is 1.59. The average Bonchev–Trinajstić information content (AvgIpc) is 3.00. The van der Waals surface area contributed by atoms with Crippen molar-refractivity contribution in [2.45, 2.75) is 6.92 Å². The van der Waals surface area contributed by atoms with Crippen LogP contribution in [-0.2, 0) is 0 Å². The van der Waals surface area contributed by atoms with Crippen molar-refractivity contribution in [3.05, 3.63) is 39.6 Å². The van der Waals surface area contributed by atoms with Crippen molar-refractivity contribution in [2.75, 3.05) is 12.8 Å². The second-order valence-electron chi connectivity index (χ2n) is 4.32. The molecule has 0 saturated heterocycles. The van der Waals surface area contributed by atoms with E-state index in [4.69, 9.17) is 10.5 Å². The number of anilines is 1. The zero-order valence-electron chi connectivity index (χ0n) is 11.0. The highest BCUT2D eigenvalue weighted by Gasteiger charge is 2.20. The van der Waals surface area contributed by atoms with Gasteiger partial charge in [0, 0.05) is 10.4 Å². The number of thiophene rings is 1. The van der Waals surface area contributed by atoms with E-state index < -0.39 is 0 Å². The highest BCUT2D eigenvalue weighted by atomic mass is 32.1. The van der Waals surface area contributed by atoms with Gasteiger partial charge in [0.05, 0.1) is 18.2 Å². The summed E-state index contributed by atoms with van der Waals surface area (Å²) in [6.45, 7) is 1.96. The number of hydrogen-bond acceptors (Lipinski definition) is 6. The van der Waals surface area contributed by atoms with Crippen LogP contribution in [0.5, 0.6) is 5.75 Å². The molecule has 3 aromatic rings. The number of nitrogens with zero attached hydrogens (tertiary/aromatic N) is 1. The van der Waals surface area contributed by atoms with Crippen LogP contribution in [-0.4, -0.2) is 17.3 Å². The van der Waals surface area contributed by atoms with Crippen molar-refractivity contribution in [2.24, 2.45) is 0 Å². The summed E-state index contributed by atoms with van der Waals surface area (Å²) in [4.78, 5) is 14.9. The molecule has 0 aliphatic carbocycles. The number of aromatic nitrogens is 1. The Kier molecular flexibility index (Phi) is 3.19. The van der Waals surface area contributed by atoms with Crippen LogP contribution in [0.15, 0.2) is 24.3 Å². The predicted octanol–water partition coefficient (Wildman–Crippen LogP) is 3.49. The fourth-order valence-electron chi connectivity index (χ4n) is 2.03. The Balaban J connectivity index is 2.05. The molecule has 0 bridgehead atoms. The van der Waals surface area contributed by atoms with Gasteiger partial charge in [0.25, 0.3) is 0 Å². The molecule has 3 rings (SSSR count). The molecule has 2 aromatic heterocycles. The van der Waals surface area contributed by atoms with Gasteiger partial charge in [-0.3, -0.25) is 4.79 Å². The van der Waals surface area contributed by atoms with Gasteiger partial charge in [0.2, 0.25) is 5.78 Å². The van der Waals surface area contributed by atoms with Crippen LogP contribution in [0.25, 0.3) is 10.2 Å². The third kappa shape index (κ3) is 1.97. The molecule has 1 aromatic carbocycles. The maximum Gasteiger partial charge on any atom is 0.205 e. The number of carbonyl (C=O) groups excluding carboxylic acids is 1.